The molecule has 1 aromatic rings. The van der Waals surface area contributed by atoms with Crippen LogP contribution >= 0.6 is 0 Å². The van der Waals surface area contributed by atoms with Gasteiger partial charge in [-0.25, -0.2) is 0 Å². The topological polar surface area (TPSA) is 20.2 Å². The molecule has 0 amide bonds. The van der Waals surface area contributed by atoms with E-state index >= 15 is 0 Å². The molecule has 0 saturated heterocycles. The van der Waals surface area contributed by atoms with Crippen LogP contribution < -0.4 is 0 Å². The van der Waals surface area contributed by atoms with Gasteiger partial charge in [0.05, 0.1) is 6.10 Å². The lowest BCUT2D eigenvalue weighted by Gasteiger charge is -2.06. The van der Waals surface area contributed by atoms with Gasteiger partial charge in [0.1, 0.15) is 0 Å². The molecule has 13 heavy (non-hydrogen) atoms. The molecule has 0 bridgehead atoms. The molecule has 0 radical (unpaired) electrons. The summed E-state index contributed by atoms with van der Waals surface area (Å²) in [5, 5.41) is 9.06. The largest absolute Gasteiger partial charge is 0.389 e. The molecule has 0 aliphatic carbocycles. The number of aliphatic hydroxyl groups is 1. The Hall–Kier alpha value is -1.08. The van der Waals surface area contributed by atoms with Gasteiger partial charge in [-0.05, 0) is 18.4 Å². The van der Waals surface area contributed by atoms with E-state index in [1.807, 2.05) is 30.4 Å². The van der Waals surface area contributed by atoms with E-state index in [-0.39, 0.29) is 6.10 Å². The van der Waals surface area contributed by atoms with Crippen LogP contribution in [0, 0.1) is 0 Å². The predicted molar refractivity (Wildman–Crippen MR) is 55.7 cm³/mol. The monoisotopic (exact) mass is 176 g/mol. The van der Waals surface area contributed by atoms with Crippen molar-refractivity contribution in [2.24, 2.45) is 0 Å². The second-order valence-corrected chi connectivity index (χ2v) is 3.32. The van der Waals surface area contributed by atoms with Crippen LogP contribution in [0.5, 0.6) is 0 Å². The fourth-order valence-electron chi connectivity index (χ4n) is 1.20. The third-order valence-corrected chi connectivity index (χ3v) is 2.00. The Morgan fingerprint density at radius 1 is 1.08 bits per heavy atom. The quantitative estimate of drug-likeness (QED) is 0.702. The summed E-state index contributed by atoms with van der Waals surface area (Å²) in [7, 11) is 0. The number of aliphatic hydroxyl groups excluding tert-OH is 1. The molecule has 0 aliphatic rings. The average molecular weight is 176 g/mol. The van der Waals surface area contributed by atoms with Crippen LogP contribution in [0.2, 0.25) is 0 Å². The van der Waals surface area contributed by atoms with E-state index in [1.54, 1.807) is 6.92 Å². The molecule has 0 spiro atoms. The molecule has 1 nitrogen and oxygen atoms in total. The maximum atomic E-state index is 9.06. The van der Waals surface area contributed by atoms with Gasteiger partial charge in [0, 0.05) is 0 Å². The highest BCUT2D eigenvalue weighted by Crippen LogP contribution is 2.15. The molecule has 0 heterocycles. The second-order valence-electron chi connectivity index (χ2n) is 3.32. The number of benzene rings is 1. The normalized spacial score (nSPS) is 15.9. The Kier molecular flexibility index (Phi) is 3.71. The first kappa shape index (κ1) is 10.0. The molecule has 2 unspecified atom stereocenters. The molecule has 0 fully saturated rings. The lowest BCUT2D eigenvalue weighted by molar-refractivity contribution is 0.243. The van der Waals surface area contributed by atoms with Gasteiger partial charge in [0.2, 0.25) is 0 Å². The summed E-state index contributed by atoms with van der Waals surface area (Å²) in [5.41, 5.74) is 1.28. The van der Waals surface area contributed by atoms with Crippen LogP contribution in [0.4, 0.5) is 0 Å². The van der Waals surface area contributed by atoms with Crippen molar-refractivity contribution >= 4 is 0 Å². The van der Waals surface area contributed by atoms with Crippen LogP contribution in [-0.2, 0) is 0 Å². The van der Waals surface area contributed by atoms with Gasteiger partial charge >= 0.3 is 0 Å². The predicted octanol–water partition coefficient (Wildman–Crippen LogP) is 2.73. The summed E-state index contributed by atoms with van der Waals surface area (Å²) in [6.07, 6.45) is 3.49. The van der Waals surface area contributed by atoms with Gasteiger partial charge in [0.15, 0.2) is 0 Å². The van der Waals surface area contributed by atoms with Crippen molar-refractivity contribution in [3.63, 3.8) is 0 Å². The van der Waals surface area contributed by atoms with Crippen LogP contribution in [-0.4, -0.2) is 11.2 Å². The molecule has 1 N–H and O–H groups in total. The minimum absolute atomic E-state index is 0.355. The fourth-order valence-corrected chi connectivity index (χ4v) is 1.20. The summed E-state index contributed by atoms with van der Waals surface area (Å²) in [6, 6.07) is 10.3. The molecule has 0 saturated carbocycles. The van der Waals surface area contributed by atoms with Crippen LogP contribution in [0.1, 0.15) is 25.3 Å². The Labute approximate surface area is 79.7 Å². The summed E-state index contributed by atoms with van der Waals surface area (Å²) in [4.78, 5) is 0. The van der Waals surface area contributed by atoms with Gasteiger partial charge in [-0.1, -0.05) is 49.4 Å². The Morgan fingerprint density at radius 3 is 2.23 bits per heavy atom. The SMILES string of the molecule is CC(O)/C=C/C(C)c1ccccc1. The van der Waals surface area contributed by atoms with Crippen LogP contribution in [0.15, 0.2) is 42.5 Å². The minimum Gasteiger partial charge on any atom is -0.389 e. The molecule has 1 heteroatoms. The van der Waals surface area contributed by atoms with Crippen molar-refractivity contribution in [1.82, 2.24) is 0 Å². The first-order valence-electron chi connectivity index (χ1n) is 4.61. The summed E-state index contributed by atoms with van der Waals surface area (Å²) in [5.74, 6) is 0.371. The molecule has 1 aromatic carbocycles. The van der Waals surface area contributed by atoms with Crippen molar-refractivity contribution in [1.29, 1.82) is 0 Å². The van der Waals surface area contributed by atoms with E-state index in [2.05, 4.69) is 19.1 Å². The summed E-state index contributed by atoms with van der Waals surface area (Å²) >= 11 is 0. The lowest BCUT2D eigenvalue weighted by atomic mass is 10.0. The minimum atomic E-state index is -0.355. The van der Waals surface area contributed by atoms with Crippen molar-refractivity contribution in [2.75, 3.05) is 0 Å². The average Bonchev–Trinajstić information content (AvgIpc) is 2.15. The van der Waals surface area contributed by atoms with Crippen LogP contribution in [0.25, 0.3) is 0 Å². The number of rotatable bonds is 3. The number of allylic oxidation sites excluding steroid dienone is 1. The van der Waals surface area contributed by atoms with Gasteiger partial charge in [0.25, 0.3) is 0 Å². The lowest BCUT2D eigenvalue weighted by Crippen LogP contribution is -1.95. The zero-order valence-electron chi connectivity index (χ0n) is 8.14. The molecular weight excluding hydrogens is 160 g/mol. The van der Waals surface area contributed by atoms with Crippen molar-refractivity contribution in [2.45, 2.75) is 25.9 Å². The second kappa shape index (κ2) is 4.83. The highest BCUT2D eigenvalue weighted by Gasteiger charge is 1.99. The first-order chi connectivity index (χ1) is 6.20. The smallest absolute Gasteiger partial charge is 0.0692 e. The summed E-state index contributed by atoms with van der Waals surface area (Å²) < 4.78 is 0. The van der Waals surface area contributed by atoms with Crippen molar-refractivity contribution in [3.8, 4) is 0 Å². The number of hydrogen-bond acceptors (Lipinski definition) is 1. The van der Waals surface area contributed by atoms with E-state index < -0.39 is 0 Å². The van der Waals surface area contributed by atoms with E-state index in [9.17, 15) is 0 Å². The Balaban J connectivity index is 2.64. The standard InChI is InChI=1S/C12H16O/c1-10(8-9-11(2)13)12-6-4-3-5-7-12/h3-11,13H,1-2H3/b9-8+. The maximum Gasteiger partial charge on any atom is 0.0692 e. The van der Waals surface area contributed by atoms with E-state index in [0.29, 0.717) is 5.92 Å². The van der Waals surface area contributed by atoms with Crippen molar-refractivity contribution < 1.29 is 5.11 Å². The van der Waals surface area contributed by atoms with Gasteiger partial charge in [-0.15, -0.1) is 0 Å². The number of hydrogen-bond donors (Lipinski definition) is 1. The molecule has 70 valence electrons. The third kappa shape index (κ3) is 3.43. The molecule has 1 rings (SSSR count). The zero-order chi connectivity index (χ0) is 9.68. The van der Waals surface area contributed by atoms with E-state index in [4.69, 9.17) is 5.11 Å². The fraction of sp³-hybridized carbons (Fsp3) is 0.333. The van der Waals surface area contributed by atoms with E-state index in [0.717, 1.165) is 0 Å². The maximum absolute atomic E-state index is 9.06. The zero-order valence-corrected chi connectivity index (χ0v) is 8.14. The molecular formula is C12H16O. The van der Waals surface area contributed by atoms with Crippen molar-refractivity contribution in [3.05, 3.63) is 48.0 Å². The van der Waals surface area contributed by atoms with Gasteiger partial charge in [-0.3, -0.25) is 0 Å². The van der Waals surface area contributed by atoms with Gasteiger partial charge in [-0.2, -0.15) is 0 Å². The Morgan fingerprint density at radius 2 is 1.69 bits per heavy atom. The molecule has 2 atom stereocenters. The highest BCUT2D eigenvalue weighted by molar-refractivity contribution is 5.22. The van der Waals surface area contributed by atoms with E-state index in [1.165, 1.54) is 5.56 Å². The first-order valence-corrected chi connectivity index (χ1v) is 4.61. The van der Waals surface area contributed by atoms with Crippen LogP contribution in [0.3, 0.4) is 0 Å². The summed E-state index contributed by atoms with van der Waals surface area (Å²) in [6.45, 7) is 3.88. The molecule has 0 aromatic heterocycles. The molecule has 0 aliphatic heterocycles. The Bertz CT molecular complexity index is 262. The van der Waals surface area contributed by atoms with Gasteiger partial charge < -0.3 is 5.11 Å². The highest BCUT2D eigenvalue weighted by atomic mass is 16.3. The third-order valence-electron chi connectivity index (χ3n) is 2.00.